The molecule has 0 saturated heterocycles. The molecule has 0 heterocycles. The average molecular weight is 192 g/mol. The van der Waals surface area contributed by atoms with E-state index in [1.807, 2.05) is 6.92 Å². The lowest BCUT2D eigenvalue weighted by Crippen LogP contribution is -2.15. The number of hydrogen-bond acceptors (Lipinski definition) is 1. The second-order valence-corrected chi connectivity index (χ2v) is 3.14. The summed E-state index contributed by atoms with van der Waals surface area (Å²) in [6, 6.07) is 0. The van der Waals surface area contributed by atoms with Crippen LogP contribution in [0.15, 0.2) is 23.0 Å². The van der Waals surface area contributed by atoms with Crippen molar-refractivity contribution < 1.29 is 17.9 Å². The summed E-state index contributed by atoms with van der Waals surface area (Å²) in [6.07, 6.45) is -1.85. The van der Waals surface area contributed by atoms with Crippen molar-refractivity contribution in [3.8, 4) is 0 Å². The van der Waals surface area contributed by atoms with Crippen LogP contribution in [0.4, 0.5) is 13.2 Å². The van der Waals surface area contributed by atoms with Gasteiger partial charge in [0.15, 0.2) is 0 Å². The maximum Gasteiger partial charge on any atom is 0.572 e. The summed E-state index contributed by atoms with van der Waals surface area (Å²) in [7, 11) is 0. The van der Waals surface area contributed by atoms with Crippen molar-refractivity contribution in [2.75, 3.05) is 0 Å². The lowest BCUT2D eigenvalue weighted by molar-refractivity contribution is -0.306. The van der Waals surface area contributed by atoms with Crippen LogP contribution in [-0.2, 0) is 4.74 Å². The van der Waals surface area contributed by atoms with E-state index in [0.717, 1.165) is 5.57 Å². The predicted octanol–water partition coefficient (Wildman–Crippen LogP) is 3.54. The van der Waals surface area contributed by atoms with Crippen LogP contribution in [-0.4, -0.2) is 6.36 Å². The Morgan fingerprint density at radius 2 is 1.85 bits per heavy atom. The number of ether oxygens (including phenoxy) is 1. The van der Waals surface area contributed by atoms with E-state index in [1.54, 1.807) is 13.0 Å². The van der Waals surface area contributed by atoms with Crippen LogP contribution >= 0.6 is 0 Å². The Kier molecular flexibility index (Phi) is 2.68. The molecule has 13 heavy (non-hydrogen) atoms. The van der Waals surface area contributed by atoms with Gasteiger partial charge in [-0.25, -0.2) is 0 Å². The fourth-order valence-electron chi connectivity index (χ4n) is 1.30. The number of allylic oxidation sites excluding steroid dienone is 4. The molecule has 0 N–H and O–H groups in total. The lowest BCUT2D eigenvalue weighted by atomic mass is 10.0. The van der Waals surface area contributed by atoms with Gasteiger partial charge in [0.1, 0.15) is 5.76 Å². The maximum absolute atomic E-state index is 11.8. The van der Waals surface area contributed by atoms with Gasteiger partial charge >= 0.3 is 6.36 Å². The van der Waals surface area contributed by atoms with Crippen LogP contribution < -0.4 is 0 Å². The highest BCUT2D eigenvalue weighted by atomic mass is 19.4. The minimum Gasteiger partial charge on any atom is -0.410 e. The van der Waals surface area contributed by atoms with Gasteiger partial charge in [-0.2, -0.15) is 0 Å². The third-order valence-corrected chi connectivity index (χ3v) is 1.89. The molecule has 1 rings (SSSR count). The summed E-state index contributed by atoms with van der Waals surface area (Å²) in [4.78, 5) is 0. The van der Waals surface area contributed by atoms with Gasteiger partial charge < -0.3 is 4.74 Å². The van der Waals surface area contributed by atoms with Gasteiger partial charge in [0, 0.05) is 6.42 Å². The Bertz CT molecular complexity index is 261. The topological polar surface area (TPSA) is 9.23 Å². The van der Waals surface area contributed by atoms with Gasteiger partial charge in [-0.15, -0.1) is 13.2 Å². The molecule has 0 unspecified atom stereocenters. The van der Waals surface area contributed by atoms with Crippen molar-refractivity contribution in [3.05, 3.63) is 23.0 Å². The largest absolute Gasteiger partial charge is 0.572 e. The van der Waals surface area contributed by atoms with Gasteiger partial charge in [-0.05, 0) is 25.8 Å². The van der Waals surface area contributed by atoms with E-state index in [2.05, 4.69) is 4.74 Å². The van der Waals surface area contributed by atoms with Crippen molar-refractivity contribution in [2.45, 2.75) is 33.1 Å². The summed E-state index contributed by atoms with van der Waals surface area (Å²) in [5.41, 5.74) is 1.66. The molecule has 0 saturated carbocycles. The fraction of sp³-hybridized carbons (Fsp3) is 0.556. The molecule has 0 aromatic carbocycles. The van der Waals surface area contributed by atoms with E-state index in [4.69, 9.17) is 0 Å². The standard InChI is InChI=1S/C9H11F3O/c1-6-3-4-8(7(2)5-6)13-9(10,11)12/h5H,3-4H2,1-2H3. The second-order valence-electron chi connectivity index (χ2n) is 3.14. The Hall–Kier alpha value is -0.930. The van der Waals surface area contributed by atoms with Crippen molar-refractivity contribution in [1.82, 2.24) is 0 Å². The molecule has 0 bridgehead atoms. The van der Waals surface area contributed by atoms with Gasteiger partial charge in [-0.3, -0.25) is 0 Å². The SMILES string of the molecule is CC1=CC(C)=C(OC(F)(F)F)CC1. The van der Waals surface area contributed by atoms with Gasteiger partial charge in [0.05, 0.1) is 0 Å². The molecule has 0 amide bonds. The van der Waals surface area contributed by atoms with Gasteiger partial charge in [0.25, 0.3) is 0 Å². The molecule has 0 aromatic heterocycles. The van der Waals surface area contributed by atoms with Crippen molar-refractivity contribution in [3.63, 3.8) is 0 Å². The van der Waals surface area contributed by atoms with E-state index in [9.17, 15) is 13.2 Å². The van der Waals surface area contributed by atoms with Crippen LogP contribution in [0.25, 0.3) is 0 Å². The highest BCUT2D eigenvalue weighted by Crippen LogP contribution is 2.30. The first-order valence-corrected chi connectivity index (χ1v) is 4.01. The minimum atomic E-state index is -4.56. The average Bonchev–Trinajstić information content (AvgIpc) is 1.93. The highest BCUT2D eigenvalue weighted by molar-refractivity contribution is 5.28. The molecule has 1 nitrogen and oxygen atoms in total. The number of hydrogen-bond donors (Lipinski definition) is 0. The molecule has 0 aromatic rings. The monoisotopic (exact) mass is 192 g/mol. The first-order valence-electron chi connectivity index (χ1n) is 4.01. The molecule has 0 aliphatic heterocycles. The summed E-state index contributed by atoms with van der Waals surface area (Å²) < 4.78 is 39.4. The summed E-state index contributed by atoms with van der Waals surface area (Å²) in [6.45, 7) is 3.53. The number of alkyl halides is 3. The van der Waals surface area contributed by atoms with E-state index in [0.29, 0.717) is 18.4 Å². The zero-order chi connectivity index (χ0) is 10.1. The first-order chi connectivity index (χ1) is 5.88. The van der Waals surface area contributed by atoms with Crippen LogP contribution in [0.1, 0.15) is 26.7 Å². The minimum absolute atomic E-state index is 0.0399. The second kappa shape index (κ2) is 3.44. The van der Waals surface area contributed by atoms with Crippen molar-refractivity contribution in [1.29, 1.82) is 0 Å². The van der Waals surface area contributed by atoms with Gasteiger partial charge in [0.2, 0.25) is 0 Å². The van der Waals surface area contributed by atoms with Gasteiger partial charge in [-0.1, -0.05) is 11.6 Å². The van der Waals surface area contributed by atoms with E-state index in [1.165, 1.54) is 0 Å². The van der Waals surface area contributed by atoms with Crippen LogP contribution in [0.2, 0.25) is 0 Å². The Morgan fingerprint density at radius 1 is 1.23 bits per heavy atom. The quantitative estimate of drug-likeness (QED) is 0.617. The highest BCUT2D eigenvalue weighted by Gasteiger charge is 2.32. The molecule has 0 spiro atoms. The normalized spacial score (nSPS) is 18.7. The Balaban J connectivity index is 2.75. The number of halogens is 3. The van der Waals surface area contributed by atoms with Crippen LogP contribution in [0.3, 0.4) is 0 Å². The van der Waals surface area contributed by atoms with E-state index in [-0.39, 0.29) is 5.76 Å². The molecule has 1 aliphatic rings. The number of rotatable bonds is 1. The molecule has 74 valence electrons. The molecule has 0 atom stereocenters. The van der Waals surface area contributed by atoms with Crippen molar-refractivity contribution >= 4 is 0 Å². The zero-order valence-electron chi connectivity index (χ0n) is 7.53. The predicted molar refractivity (Wildman–Crippen MR) is 42.8 cm³/mol. The first kappa shape index (κ1) is 10.2. The van der Waals surface area contributed by atoms with E-state index >= 15 is 0 Å². The molecule has 1 aliphatic carbocycles. The summed E-state index contributed by atoms with van der Waals surface area (Å²) >= 11 is 0. The molecule has 0 fully saturated rings. The lowest BCUT2D eigenvalue weighted by Gasteiger charge is -2.18. The Labute approximate surface area is 74.9 Å². The van der Waals surface area contributed by atoms with E-state index < -0.39 is 6.36 Å². The van der Waals surface area contributed by atoms with Crippen LogP contribution in [0.5, 0.6) is 0 Å². The summed E-state index contributed by atoms with van der Waals surface area (Å²) in [5, 5.41) is 0. The Morgan fingerprint density at radius 3 is 2.31 bits per heavy atom. The van der Waals surface area contributed by atoms with Crippen LogP contribution in [0, 0.1) is 0 Å². The fourth-order valence-corrected chi connectivity index (χ4v) is 1.30. The maximum atomic E-state index is 11.8. The summed E-state index contributed by atoms with van der Waals surface area (Å²) in [5.74, 6) is 0.0399. The third kappa shape index (κ3) is 3.13. The molecular formula is C9H11F3O. The van der Waals surface area contributed by atoms with Crippen molar-refractivity contribution in [2.24, 2.45) is 0 Å². The molecular weight excluding hydrogens is 181 g/mol. The molecule has 4 heteroatoms. The third-order valence-electron chi connectivity index (χ3n) is 1.89. The smallest absolute Gasteiger partial charge is 0.410 e. The molecule has 0 radical (unpaired) electrons. The zero-order valence-corrected chi connectivity index (χ0v) is 7.53.